The Morgan fingerprint density at radius 3 is 2.70 bits per heavy atom. The van der Waals surface area contributed by atoms with Gasteiger partial charge >= 0.3 is 0 Å². The van der Waals surface area contributed by atoms with Crippen molar-refractivity contribution in [1.29, 1.82) is 0 Å². The molecule has 0 spiro atoms. The number of nitrogens with one attached hydrogen (secondary N) is 1. The second-order valence-corrected chi connectivity index (χ2v) is 6.36. The molecule has 6 nitrogen and oxygen atoms in total. The maximum Gasteiger partial charge on any atom is 0.245 e. The highest BCUT2D eigenvalue weighted by molar-refractivity contribution is 5.77. The lowest BCUT2D eigenvalue weighted by atomic mass is 10.2. The molecule has 1 amide bonds. The number of carbonyl (C=O) groups is 1. The number of benzene rings is 2. The van der Waals surface area contributed by atoms with Gasteiger partial charge in [0.05, 0.1) is 17.6 Å². The van der Waals surface area contributed by atoms with Gasteiger partial charge in [0.1, 0.15) is 24.8 Å². The summed E-state index contributed by atoms with van der Waals surface area (Å²) in [7, 11) is 1.51. The minimum absolute atomic E-state index is 0.0702. The SMILES string of the molecule is COCC(=O)NCCc1nc2ccccc2n1CCOc1ccc(C)cc1. The highest BCUT2D eigenvalue weighted by atomic mass is 16.5. The van der Waals surface area contributed by atoms with E-state index in [1.54, 1.807) is 0 Å². The normalized spacial score (nSPS) is 10.9. The zero-order valence-corrected chi connectivity index (χ0v) is 15.8. The summed E-state index contributed by atoms with van der Waals surface area (Å²) in [5, 5.41) is 2.84. The quantitative estimate of drug-likeness (QED) is 0.632. The summed E-state index contributed by atoms with van der Waals surface area (Å²) in [5.41, 5.74) is 3.23. The van der Waals surface area contributed by atoms with E-state index in [1.165, 1.54) is 12.7 Å². The monoisotopic (exact) mass is 367 g/mol. The second-order valence-electron chi connectivity index (χ2n) is 6.36. The molecule has 0 aliphatic carbocycles. The Balaban J connectivity index is 1.66. The van der Waals surface area contributed by atoms with Crippen LogP contribution in [0.15, 0.2) is 48.5 Å². The summed E-state index contributed by atoms with van der Waals surface area (Å²) in [6, 6.07) is 16.1. The van der Waals surface area contributed by atoms with Crippen LogP contribution in [0.2, 0.25) is 0 Å². The molecule has 0 bridgehead atoms. The van der Waals surface area contributed by atoms with Crippen molar-refractivity contribution in [2.45, 2.75) is 19.9 Å². The summed E-state index contributed by atoms with van der Waals surface area (Å²) in [4.78, 5) is 16.3. The van der Waals surface area contributed by atoms with Crippen LogP contribution in [0.4, 0.5) is 0 Å². The van der Waals surface area contributed by atoms with E-state index in [2.05, 4.69) is 22.9 Å². The van der Waals surface area contributed by atoms with Crippen LogP contribution in [0.3, 0.4) is 0 Å². The Morgan fingerprint density at radius 1 is 1.15 bits per heavy atom. The molecular formula is C21H25N3O3. The van der Waals surface area contributed by atoms with E-state index in [1.807, 2.05) is 42.5 Å². The van der Waals surface area contributed by atoms with Crippen LogP contribution >= 0.6 is 0 Å². The molecule has 0 saturated heterocycles. The summed E-state index contributed by atoms with van der Waals surface area (Å²) < 4.78 is 12.9. The summed E-state index contributed by atoms with van der Waals surface area (Å²) >= 11 is 0. The van der Waals surface area contributed by atoms with Gasteiger partial charge in [0.25, 0.3) is 0 Å². The van der Waals surface area contributed by atoms with Crippen LogP contribution in [0.5, 0.6) is 5.75 Å². The molecule has 0 atom stereocenters. The van der Waals surface area contributed by atoms with Crippen LogP contribution < -0.4 is 10.1 Å². The van der Waals surface area contributed by atoms with E-state index in [4.69, 9.17) is 14.5 Å². The third kappa shape index (κ3) is 5.08. The van der Waals surface area contributed by atoms with E-state index >= 15 is 0 Å². The van der Waals surface area contributed by atoms with Gasteiger partial charge in [0.15, 0.2) is 0 Å². The Hall–Kier alpha value is -2.86. The van der Waals surface area contributed by atoms with Crippen molar-refractivity contribution in [3.05, 3.63) is 59.9 Å². The van der Waals surface area contributed by atoms with Gasteiger partial charge in [-0.25, -0.2) is 4.98 Å². The second kappa shape index (κ2) is 9.19. The minimum Gasteiger partial charge on any atom is -0.492 e. The van der Waals surface area contributed by atoms with Crippen molar-refractivity contribution in [3.63, 3.8) is 0 Å². The predicted molar refractivity (Wildman–Crippen MR) is 105 cm³/mol. The van der Waals surface area contributed by atoms with Crippen molar-refractivity contribution in [2.75, 3.05) is 26.9 Å². The summed E-state index contributed by atoms with van der Waals surface area (Å²) in [5.74, 6) is 1.67. The van der Waals surface area contributed by atoms with Crippen molar-refractivity contribution >= 4 is 16.9 Å². The zero-order chi connectivity index (χ0) is 19.1. The fourth-order valence-corrected chi connectivity index (χ4v) is 2.95. The molecule has 27 heavy (non-hydrogen) atoms. The number of amides is 1. The molecule has 1 aromatic heterocycles. The molecule has 0 unspecified atom stereocenters. The third-order valence-electron chi connectivity index (χ3n) is 4.28. The predicted octanol–water partition coefficient (Wildman–Crippen LogP) is 2.73. The Bertz CT molecular complexity index is 887. The lowest BCUT2D eigenvalue weighted by molar-refractivity contribution is -0.124. The van der Waals surface area contributed by atoms with Gasteiger partial charge in [-0.3, -0.25) is 4.79 Å². The van der Waals surface area contributed by atoms with Gasteiger partial charge in [-0.15, -0.1) is 0 Å². The molecule has 0 aliphatic heterocycles. The molecule has 3 aromatic rings. The van der Waals surface area contributed by atoms with E-state index < -0.39 is 0 Å². The van der Waals surface area contributed by atoms with Gasteiger partial charge in [-0.2, -0.15) is 0 Å². The number of carbonyl (C=O) groups excluding carboxylic acids is 1. The van der Waals surface area contributed by atoms with Crippen LogP contribution in [0, 0.1) is 6.92 Å². The topological polar surface area (TPSA) is 65.4 Å². The number of hydrogen-bond acceptors (Lipinski definition) is 4. The fraction of sp³-hybridized carbons (Fsp3) is 0.333. The number of fused-ring (bicyclic) bond motifs is 1. The molecular weight excluding hydrogens is 342 g/mol. The summed E-state index contributed by atoms with van der Waals surface area (Å²) in [6.45, 7) is 3.88. The van der Waals surface area contributed by atoms with Crippen molar-refractivity contribution in [3.8, 4) is 5.75 Å². The number of nitrogens with zero attached hydrogens (tertiary/aromatic N) is 2. The Morgan fingerprint density at radius 2 is 1.93 bits per heavy atom. The zero-order valence-electron chi connectivity index (χ0n) is 15.8. The molecule has 3 rings (SSSR count). The van der Waals surface area contributed by atoms with Gasteiger partial charge in [0.2, 0.25) is 5.91 Å². The molecule has 142 valence electrons. The first-order valence-electron chi connectivity index (χ1n) is 9.06. The van der Waals surface area contributed by atoms with Gasteiger partial charge in [-0.1, -0.05) is 29.8 Å². The lowest BCUT2D eigenvalue weighted by Crippen LogP contribution is -2.29. The molecule has 1 N–H and O–H groups in total. The molecule has 6 heteroatoms. The molecule has 0 saturated carbocycles. The maximum absolute atomic E-state index is 11.6. The van der Waals surface area contributed by atoms with Crippen molar-refractivity contribution < 1.29 is 14.3 Å². The number of imidazole rings is 1. The van der Waals surface area contributed by atoms with E-state index in [9.17, 15) is 4.79 Å². The number of rotatable bonds is 9. The fourth-order valence-electron chi connectivity index (χ4n) is 2.95. The molecule has 0 fully saturated rings. The van der Waals surface area contributed by atoms with Crippen LogP contribution in [0.25, 0.3) is 11.0 Å². The van der Waals surface area contributed by atoms with E-state index in [0.717, 1.165) is 22.6 Å². The highest BCUT2D eigenvalue weighted by Gasteiger charge is 2.11. The smallest absolute Gasteiger partial charge is 0.245 e. The Labute approximate surface area is 159 Å². The first kappa shape index (κ1) is 18.9. The standard InChI is InChI=1S/C21H25N3O3/c1-16-7-9-17(10-8-16)27-14-13-24-19-6-4-3-5-18(19)23-20(24)11-12-22-21(25)15-26-2/h3-10H,11-15H2,1-2H3,(H,22,25). The number of aryl methyl sites for hydroxylation is 1. The number of aromatic nitrogens is 2. The average Bonchev–Trinajstić information content (AvgIpc) is 3.01. The average molecular weight is 367 g/mol. The molecule has 0 radical (unpaired) electrons. The lowest BCUT2D eigenvalue weighted by Gasteiger charge is -2.11. The van der Waals surface area contributed by atoms with Gasteiger partial charge < -0.3 is 19.4 Å². The number of hydrogen-bond donors (Lipinski definition) is 1. The highest BCUT2D eigenvalue weighted by Crippen LogP contribution is 2.17. The number of ether oxygens (including phenoxy) is 2. The van der Waals surface area contributed by atoms with Crippen LogP contribution in [-0.2, 0) is 22.5 Å². The number of methoxy groups -OCH3 is 1. The summed E-state index contributed by atoms with van der Waals surface area (Å²) in [6.07, 6.45) is 0.647. The maximum atomic E-state index is 11.6. The van der Waals surface area contributed by atoms with E-state index in [0.29, 0.717) is 26.1 Å². The van der Waals surface area contributed by atoms with Crippen LogP contribution in [-0.4, -0.2) is 42.3 Å². The van der Waals surface area contributed by atoms with Crippen LogP contribution in [0.1, 0.15) is 11.4 Å². The van der Waals surface area contributed by atoms with Crippen molar-refractivity contribution in [1.82, 2.24) is 14.9 Å². The number of para-hydroxylation sites is 2. The minimum atomic E-state index is -0.122. The van der Waals surface area contributed by atoms with Gasteiger partial charge in [0, 0.05) is 20.1 Å². The first-order valence-corrected chi connectivity index (χ1v) is 9.06. The van der Waals surface area contributed by atoms with Crippen molar-refractivity contribution in [2.24, 2.45) is 0 Å². The molecule has 0 aliphatic rings. The third-order valence-corrected chi connectivity index (χ3v) is 4.28. The first-order chi connectivity index (χ1) is 13.2. The Kier molecular flexibility index (Phi) is 6.44. The van der Waals surface area contributed by atoms with Gasteiger partial charge in [-0.05, 0) is 31.2 Å². The van der Waals surface area contributed by atoms with E-state index in [-0.39, 0.29) is 12.5 Å². The largest absolute Gasteiger partial charge is 0.492 e. The molecule has 2 aromatic carbocycles. The molecule has 1 heterocycles.